The zero-order valence-electron chi connectivity index (χ0n) is 21.8. The van der Waals surface area contributed by atoms with Crippen molar-refractivity contribution in [3.05, 3.63) is 58.9 Å². The van der Waals surface area contributed by atoms with E-state index in [0.29, 0.717) is 44.2 Å². The third-order valence-electron chi connectivity index (χ3n) is 6.76. The Morgan fingerprint density at radius 3 is 2.60 bits per heavy atom. The largest absolute Gasteiger partial charge is 0.417 e. The molecule has 2 heterocycles. The van der Waals surface area contributed by atoms with E-state index in [1.54, 1.807) is 16.8 Å². The van der Waals surface area contributed by atoms with E-state index in [1.807, 2.05) is 0 Å². The van der Waals surface area contributed by atoms with Gasteiger partial charge in [0.05, 0.1) is 29.0 Å². The van der Waals surface area contributed by atoms with Crippen LogP contribution in [0, 0.1) is 11.2 Å². The van der Waals surface area contributed by atoms with Crippen molar-refractivity contribution in [1.82, 2.24) is 15.1 Å². The van der Waals surface area contributed by atoms with Crippen LogP contribution in [0.15, 0.2) is 41.8 Å². The van der Waals surface area contributed by atoms with E-state index in [1.165, 1.54) is 30.0 Å². The standard InChI is InChI=1S/C27H30ClF4N5O2S/c1-3-22(38)36-7-9-37(10-8-36)26(33)18-13-19(27(30,31)32)23(16-4-5-21(29)20(28)12-16)25-24(18)35-14-17(15-40-25)39-11-6-34-2/h3-5,12-13,17,33-35H,1,6-11,14-15H2,2H3. The Balaban J connectivity index is 1.81. The SMILES string of the molecule is C=CC(=O)N1CCN(C(=N)c2cc(C(F)(F)F)c(-c3ccc(F)c(Cl)c3)c3c2NCC(OCCNC)CS3)CC1. The van der Waals surface area contributed by atoms with Crippen molar-refractivity contribution in [2.75, 3.05) is 64.0 Å². The number of hydrogen-bond acceptors (Lipinski definition) is 6. The molecular weight excluding hydrogens is 570 g/mol. The number of likely N-dealkylation sites (N-methyl/N-ethyl adjacent to an activating group) is 1. The summed E-state index contributed by atoms with van der Waals surface area (Å²) in [5.41, 5.74) is -0.490. The van der Waals surface area contributed by atoms with Crippen LogP contribution in [0.4, 0.5) is 23.2 Å². The first-order chi connectivity index (χ1) is 19.0. The molecule has 1 amide bonds. The molecule has 1 saturated heterocycles. The molecule has 1 atom stereocenters. The quantitative estimate of drug-likeness (QED) is 0.138. The highest BCUT2D eigenvalue weighted by atomic mass is 35.5. The van der Waals surface area contributed by atoms with Crippen molar-refractivity contribution >= 4 is 40.8 Å². The predicted molar refractivity (Wildman–Crippen MR) is 150 cm³/mol. The molecule has 0 saturated carbocycles. The third-order valence-corrected chi connectivity index (χ3v) is 8.28. The molecule has 2 aromatic rings. The molecule has 0 aromatic heterocycles. The molecule has 1 fully saturated rings. The molecule has 0 spiro atoms. The summed E-state index contributed by atoms with van der Waals surface area (Å²) in [4.78, 5) is 15.5. The number of carbonyl (C=O) groups excluding carboxylic acids is 1. The van der Waals surface area contributed by atoms with Gasteiger partial charge in [-0.15, -0.1) is 11.8 Å². The van der Waals surface area contributed by atoms with Gasteiger partial charge in [-0.2, -0.15) is 13.2 Å². The molecule has 2 aromatic carbocycles. The van der Waals surface area contributed by atoms with Crippen LogP contribution in [-0.2, 0) is 15.7 Å². The number of hydrogen-bond donors (Lipinski definition) is 3. The lowest BCUT2D eigenvalue weighted by molar-refractivity contribution is -0.137. The van der Waals surface area contributed by atoms with E-state index >= 15 is 0 Å². The topological polar surface area (TPSA) is 80.7 Å². The van der Waals surface area contributed by atoms with Gasteiger partial charge in [0.25, 0.3) is 0 Å². The Bertz CT molecular complexity index is 1280. The first-order valence-electron chi connectivity index (χ1n) is 12.7. The fourth-order valence-corrected chi connectivity index (χ4v) is 6.11. The lowest BCUT2D eigenvalue weighted by Crippen LogP contribution is -2.50. The van der Waals surface area contributed by atoms with Crippen LogP contribution in [0.1, 0.15) is 11.1 Å². The number of amides is 1. The maximum Gasteiger partial charge on any atom is 0.417 e. The van der Waals surface area contributed by atoms with Gasteiger partial charge >= 0.3 is 6.18 Å². The van der Waals surface area contributed by atoms with Crippen LogP contribution in [-0.4, -0.2) is 86.3 Å². The minimum Gasteiger partial charge on any atom is -0.381 e. The van der Waals surface area contributed by atoms with Gasteiger partial charge in [-0.3, -0.25) is 10.2 Å². The molecule has 40 heavy (non-hydrogen) atoms. The van der Waals surface area contributed by atoms with Gasteiger partial charge < -0.3 is 25.2 Å². The van der Waals surface area contributed by atoms with Crippen LogP contribution in [0.3, 0.4) is 0 Å². The Labute approximate surface area is 239 Å². The number of carbonyl (C=O) groups is 1. The number of alkyl halides is 3. The van der Waals surface area contributed by atoms with Gasteiger partial charge in [-0.25, -0.2) is 4.39 Å². The minimum absolute atomic E-state index is 0.0845. The van der Waals surface area contributed by atoms with Crippen LogP contribution >= 0.6 is 23.4 Å². The number of nitrogens with one attached hydrogen (secondary N) is 3. The Morgan fingerprint density at radius 2 is 1.98 bits per heavy atom. The molecule has 2 aliphatic rings. The fraction of sp³-hybridized carbons (Fsp3) is 0.407. The zero-order chi connectivity index (χ0) is 29.0. The van der Waals surface area contributed by atoms with Crippen molar-refractivity contribution in [3.8, 4) is 11.1 Å². The second-order valence-corrected chi connectivity index (χ2v) is 10.8. The maximum absolute atomic E-state index is 14.6. The molecule has 7 nitrogen and oxygen atoms in total. The molecule has 216 valence electrons. The van der Waals surface area contributed by atoms with Crippen LogP contribution in [0.25, 0.3) is 11.1 Å². The van der Waals surface area contributed by atoms with E-state index in [2.05, 4.69) is 17.2 Å². The number of halogens is 5. The van der Waals surface area contributed by atoms with Gasteiger partial charge in [-0.1, -0.05) is 24.2 Å². The normalized spacial score (nSPS) is 17.6. The van der Waals surface area contributed by atoms with Crippen LogP contribution < -0.4 is 10.6 Å². The Kier molecular flexibility index (Phi) is 9.65. The first-order valence-corrected chi connectivity index (χ1v) is 14.0. The van der Waals surface area contributed by atoms with Crippen molar-refractivity contribution in [2.24, 2.45) is 0 Å². The molecule has 0 aliphatic carbocycles. The van der Waals surface area contributed by atoms with Crippen LogP contribution in [0.5, 0.6) is 0 Å². The molecule has 0 radical (unpaired) electrons. The number of benzene rings is 2. The van der Waals surface area contributed by atoms with Crippen molar-refractivity contribution in [1.29, 1.82) is 5.41 Å². The third kappa shape index (κ3) is 6.56. The van der Waals surface area contributed by atoms with Gasteiger partial charge in [0.15, 0.2) is 0 Å². The molecule has 13 heteroatoms. The number of thioether (sulfide) groups is 1. The zero-order valence-corrected chi connectivity index (χ0v) is 23.4. The van der Waals surface area contributed by atoms with E-state index in [9.17, 15) is 22.4 Å². The number of rotatable bonds is 7. The van der Waals surface area contributed by atoms with Gasteiger partial charge in [0, 0.05) is 61.0 Å². The lowest BCUT2D eigenvalue weighted by atomic mass is 9.94. The second kappa shape index (κ2) is 12.8. The number of amidine groups is 1. The second-order valence-electron chi connectivity index (χ2n) is 9.33. The number of fused-ring (bicyclic) bond motifs is 1. The number of anilines is 1. The first kappa shape index (κ1) is 30.2. The monoisotopic (exact) mass is 599 g/mol. The summed E-state index contributed by atoms with van der Waals surface area (Å²) in [7, 11) is 1.79. The predicted octanol–water partition coefficient (Wildman–Crippen LogP) is 4.94. The molecule has 2 aliphatic heterocycles. The summed E-state index contributed by atoms with van der Waals surface area (Å²) in [6, 6.07) is 4.49. The summed E-state index contributed by atoms with van der Waals surface area (Å²) in [6.45, 7) is 6.05. The van der Waals surface area contributed by atoms with Gasteiger partial charge in [-0.05, 0) is 36.9 Å². The highest BCUT2D eigenvalue weighted by Gasteiger charge is 2.39. The number of piperazine rings is 1. The fourth-order valence-electron chi connectivity index (χ4n) is 4.66. The van der Waals surface area contributed by atoms with E-state index in [0.717, 1.165) is 12.1 Å². The van der Waals surface area contributed by atoms with E-state index in [-0.39, 0.29) is 57.5 Å². The Hall–Kier alpha value is -2.80. The average molecular weight is 600 g/mol. The molecular formula is C27H30ClF4N5O2S. The summed E-state index contributed by atoms with van der Waals surface area (Å²) in [6.07, 6.45) is -3.86. The highest BCUT2D eigenvalue weighted by molar-refractivity contribution is 7.99. The highest BCUT2D eigenvalue weighted by Crippen LogP contribution is 2.49. The maximum atomic E-state index is 14.6. The summed E-state index contributed by atoms with van der Waals surface area (Å²) in [5.74, 6) is -0.689. The number of ether oxygens (including phenoxy) is 1. The van der Waals surface area contributed by atoms with Gasteiger partial charge in [0.1, 0.15) is 11.7 Å². The molecule has 0 bridgehead atoms. The molecule has 1 unspecified atom stereocenters. The van der Waals surface area contributed by atoms with Crippen molar-refractivity contribution in [3.63, 3.8) is 0 Å². The summed E-state index contributed by atoms with van der Waals surface area (Å²) >= 11 is 7.19. The number of nitrogens with zero attached hydrogens (tertiary/aromatic N) is 2. The Morgan fingerprint density at radius 1 is 1.27 bits per heavy atom. The minimum atomic E-state index is -4.77. The van der Waals surface area contributed by atoms with Crippen LogP contribution in [0.2, 0.25) is 5.02 Å². The summed E-state index contributed by atoms with van der Waals surface area (Å²) < 4.78 is 63.8. The smallest absolute Gasteiger partial charge is 0.381 e. The van der Waals surface area contributed by atoms with E-state index in [4.69, 9.17) is 21.7 Å². The lowest BCUT2D eigenvalue weighted by Gasteiger charge is -2.36. The van der Waals surface area contributed by atoms with Crippen molar-refractivity contribution in [2.45, 2.75) is 17.2 Å². The van der Waals surface area contributed by atoms with Gasteiger partial charge in [0.2, 0.25) is 5.91 Å². The molecule has 3 N–H and O–H groups in total. The summed E-state index contributed by atoms with van der Waals surface area (Å²) in [5, 5.41) is 14.9. The van der Waals surface area contributed by atoms with E-state index < -0.39 is 17.6 Å². The average Bonchev–Trinajstić information content (AvgIpc) is 3.15. The van der Waals surface area contributed by atoms with Crippen molar-refractivity contribution < 1.29 is 27.1 Å². The molecule has 4 rings (SSSR count).